The average molecular weight is 354 g/mol. The minimum atomic E-state index is -0.226. The predicted molar refractivity (Wildman–Crippen MR) is 94.0 cm³/mol. The molecule has 4 rings (SSSR count). The molecule has 8 nitrogen and oxygen atoms in total. The Bertz CT molecular complexity index is 797. The first-order chi connectivity index (χ1) is 12.7. The molecule has 1 atom stereocenters. The first kappa shape index (κ1) is 16.7. The van der Waals surface area contributed by atoms with Crippen molar-refractivity contribution in [3.8, 4) is 0 Å². The van der Waals surface area contributed by atoms with E-state index in [-0.39, 0.29) is 17.7 Å². The molecule has 8 heteroatoms. The molecule has 1 fully saturated rings. The van der Waals surface area contributed by atoms with Crippen LogP contribution in [0.15, 0.2) is 30.5 Å². The summed E-state index contributed by atoms with van der Waals surface area (Å²) in [6.45, 7) is 3.79. The molecule has 0 aliphatic carbocycles. The number of aromatic nitrogens is 3. The zero-order valence-corrected chi connectivity index (χ0v) is 14.5. The van der Waals surface area contributed by atoms with E-state index in [4.69, 9.17) is 0 Å². The average Bonchev–Trinajstić information content (AvgIpc) is 3.35. The van der Waals surface area contributed by atoms with Crippen molar-refractivity contribution in [3.05, 3.63) is 47.5 Å². The van der Waals surface area contributed by atoms with Gasteiger partial charge in [-0.3, -0.25) is 19.3 Å². The number of pyridine rings is 1. The van der Waals surface area contributed by atoms with Gasteiger partial charge in [-0.25, -0.2) is 0 Å². The largest absolute Gasteiger partial charge is 0.345 e. The van der Waals surface area contributed by atoms with Gasteiger partial charge in [0.2, 0.25) is 5.91 Å². The minimum Gasteiger partial charge on any atom is -0.345 e. The van der Waals surface area contributed by atoms with Crippen LogP contribution in [0.25, 0.3) is 0 Å². The van der Waals surface area contributed by atoms with Gasteiger partial charge in [0, 0.05) is 19.3 Å². The molecule has 1 unspecified atom stereocenters. The lowest BCUT2D eigenvalue weighted by molar-refractivity contribution is -0.136. The highest BCUT2D eigenvalue weighted by atomic mass is 16.2. The van der Waals surface area contributed by atoms with Crippen molar-refractivity contribution in [2.45, 2.75) is 26.1 Å². The molecule has 2 aliphatic rings. The van der Waals surface area contributed by atoms with Crippen LogP contribution >= 0.6 is 0 Å². The molecule has 4 heterocycles. The summed E-state index contributed by atoms with van der Waals surface area (Å²) in [6.07, 6.45) is 2.60. The molecule has 2 amide bonds. The smallest absolute Gasteiger partial charge is 0.272 e. The SMILES string of the molecule is O=C(NCc1ccccn1)c1cc2n(n1)CCN(C(=O)C1CCNC1)C2. The second-order valence-corrected chi connectivity index (χ2v) is 6.70. The highest BCUT2D eigenvalue weighted by Gasteiger charge is 2.30. The standard InChI is InChI=1S/C18H22N6O2/c25-17(21-11-14-3-1-2-5-20-14)16-9-15-12-23(7-8-24(15)22-16)18(26)13-4-6-19-10-13/h1-3,5,9,13,19H,4,6-8,10-12H2,(H,21,25). The third-order valence-corrected chi connectivity index (χ3v) is 4.91. The maximum absolute atomic E-state index is 12.6. The number of hydrogen-bond acceptors (Lipinski definition) is 5. The van der Waals surface area contributed by atoms with Crippen LogP contribution in [0.3, 0.4) is 0 Å². The number of amides is 2. The molecule has 1 saturated heterocycles. The molecule has 0 spiro atoms. The fraction of sp³-hybridized carbons (Fsp3) is 0.444. The lowest BCUT2D eigenvalue weighted by atomic mass is 10.1. The van der Waals surface area contributed by atoms with E-state index < -0.39 is 0 Å². The fourth-order valence-corrected chi connectivity index (χ4v) is 3.45. The molecule has 136 valence electrons. The molecule has 2 N–H and O–H groups in total. The van der Waals surface area contributed by atoms with E-state index in [0.29, 0.717) is 31.9 Å². The number of carbonyl (C=O) groups excluding carboxylic acids is 2. The highest BCUT2D eigenvalue weighted by Crippen LogP contribution is 2.18. The number of nitrogens with one attached hydrogen (secondary N) is 2. The fourth-order valence-electron chi connectivity index (χ4n) is 3.45. The molecule has 2 aromatic rings. The number of fused-ring (bicyclic) bond motifs is 1. The second-order valence-electron chi connectivity index (χ2n) is 6.70. The van der Waals surface area contributed by atoms with Crippen molar-refractivity contribution in [1.82, 2.24) is 30.3 Å². The Hall–Kier alpha value is -2.74. The van der Waals surface area contributed by atoms with Crippen LogP contribution in [0.5, 0.6) is 0 Å². The number of carbonyl (C=O) groups is 2. The molecule has 26 heavy (non-hydrogen) atoms. The third kappa shape index (κ3) is 3.45. The van der Waals surface area contributed by atoms with Crippen LogP contribution in [-0.2, 0) is 24.4 Å². The van der Waals surface area contributed by atoms with Gasteiger partial charge in [0.1, 0.15) is 0 Å². The van der Waals surface area contributed by atoms with Crippen LogP contribution < -0.4 is 10.6 Å². The molecule has 0 radical (unpaired) electrons. The maximum atomic E-state index is 12.6. The van der Waals surface area contributed by atoms with E-state index in [1.54, 1.807) is 12.3 Å². The Morgan fingerprint density at radius 2 is 2.23 bits per heavy atom. The van der Waals surface area contributed by atoms with Gasteiger partial charge in [0.05, 0.1) is 36.9 Å². The third-order valence-electron chi connectivity index (χ3n) is 4.91. The van der Waals surface area contributed by atoms with Crippen molar-refractivity contribution in [1.29, 1.82) is 0 Å². The molecule has 2 aromatic heterocycles. The predicted octanol–water partition coefficient (Wildman–Crippen LogP) is 0.160. The van der Waals surface area contributed by atoms with E-state index in [2.05, 4.69) is 20.7 Å². The number of hydrogen-bond donors (Lipinski definition) is 2. The van der Waals surface area contributed by atoms with E-state index in [1.807, 2.05) is 27.8 Å². The summed E-state index contributed by atoms with van der Waals surface area (Å²) in [5.74, 6) is 0.0460. The minimum absolute atomic E-state index is 0.0746. The van der Waals surface area contributed by atoms with E-state index in [0.717, 1.165) is 30.9 Å². The van der Waals surface area contributed by atoms with Gasteiger partial charge in [-0.15, -0.1) is 0 Å². The van der Waals surface area contributed by atoms with Crippen LogP contribution in [0, 0.1) is 5.92 Å². The van der Waals surface area contributed by atoms with Crippen LogP contribution in [0.1, 0.15) is 28.3 Å². The summed E-state index contributed by atoms with van der Waals surface area (Å²) in [5.41, 5.74) is 2.08. The Morgan fingerprint density at radius 3 is 3.00 bits per heavy atom. The maximum Gasteiger partial charge on any atom is 0.272 e. The number of nitrogens with zero attached hydrogens (tertiary/aromatic N) is 4. The van der Waals surface area contributed by atoms with Gasteiger partial charge in [0.25, 0.3) is 5.91 Å². The summed E-state index contributed by atoms with van der Waals surface area (Å²) >= 11 is 0. The molecular weight excluding hydrogens is 332 g/mol. The lowest BCUT2D eigenvalue weighted by Gasteiger charge is -2.29. The zero-order chi connectivity index (χ0) is 17.9. The highest BCUT2D eigenvalue weighted by molar-refractivity contribution is 5.92. The normalized spacial score (nSPS) is 19.2. The second kappa shape index (κ2) is 7.25. The molecule has 0 bridgehead atoms. The van der Waals surface area contributed by atoms with Gasteiger partial charge < -0.3 is 15.5 Å². The zero-order valence-electron chi connectivity index (χ0n) is 14.5. The van der Waals surface area contributed by atoms with Crippen LogP contribution in [-0.4, -0.2) is 51.1 Å². The van der Waals surface area contributed by atoms with Gasteiger partial charge in [0.15, 0.2) is 5.69 Å². The van der Waals surface area contributed by atoms with Crippen molar-refractivity contribution in [2.24, 2.45) is 5.92 Å². The Kier molecular flexibility index (Phi) is 4.66. The summed E-state index contributed by atoms with van der Waals surface area (Å²) < 4.78 is 1.83. The van der Waals surface area contributed by atoms with Gasteiger partial charge in [-0.1, -0.05) is 6.07 Å². The Balaban J connectivity index is 1.39. The van der Waals surface area contributed by atoms with E-state index in [9.17, 15) is 9.59 Å². The van der Waals surface area contributed by atoms with E-state index in [1.165, 1.54) is 0 Å². The van der Waals surface area contributed by atoms with Crippen LogP contribution in [0.4, 0.5) is 0 Å². The molecule has 2 aliphatic heterocycles. The Labute approximate surface area is 151 Å². The first-order valence-corrected chi connectivity index (χ1v) is 8.95. The lowest BCUT2D eigenvalue weighted by Crippen LogP contribution is -2.42. The van der Waals surface area contributed by atoms with Crippen LogP contribution in [0.2, 0.25) is 0 Å². The molecule has 0 aromatic carbocycles. The quantitative estimate of drug-likeness (QED) is 0.816. The Morgan fingerprint density at radius 1 is 1.31 bits per heavy atom. The monoisotopic (exact) mass is 354 g/mol. The van der Waals surface area contributed by atoms with Crippen molar-refractivity contribution >= 4 is 11.8 Å². The summed E-state index contributed by atoms with van der Waals surface area (Å²) in [4.78, 5) is 31.0. The van der Waals surface area contributed by atoms with Gasteiger partial charge >= 0.3 is 0 Å². The summed E-state index contributed by atoms with van der Waals surface area (Å²) in [6, 6.07) is 7.36. The first-order valence-electron chi connectivity index (χ1n) is 8.95. The van der Waals surface area contributed by atoms with Crippen molar-refractivity contribution in [2.75, 3.05) is 19.6 Å². The van der Waals surface area contributed by atoms with Crippen molar-refractivity contribution < 1.29 is 9.59 Å². The summed E-state index contributed by atoms with van der Waals surface area (Å²) in [7, 11) is 0. The summed E-state index contributed by atoms with van der Waals surface area (Å²) in [5, 5.41) is 10.5. The molecule has 0 saturated carbocycles. The van der Waals surface area contributed by atoms with Crippen molar-refractivity contribution in [3.63, 3.8) is 0 Å². The van der Waals surface area contributed by atoms with E-state index >= 15 is 0 Å². The number of rotatable bonds is 4. The topological polar surface area (TPSA) is 92.2 Å². The molecular formula is C18H22N6O2. The van der Waals surface area contributed by atoms with Gasteiger partial charge in [-0.2, -0.15) is 5.10 Å². The van der Waals surface area contributed by atoms with Gasteiger partial charge in [-0.05, 0) is 31.2 Å².